The Morgan fingerprint density at radius 2 is 1.83 bits per heavy atom. The zero-order valence-electron chi connectivity index (χ0n) is 17.0. The van der Waals surface area contributed by atoms with Gasteiger partial charge in [0.25, 0.3) is 10.0 Å². The van der Waals surface area contributed by atoms with Crippen molar-refractivity contribution in [3.8, 4) is 0 Å². The fourth-order valence-electron chi connectivity index (χ4n) is 4.34. The third kappa shape index (κ3) is 3.82. The van der Waals surface area contributed by atoms with Gasteiger partial charge in [-0.05, 0) is 31.5 Å². The molecule has 160 valence electrons. The number of amides is 1. The molecule has 2 N–H and O–H groups in total. The van der Waals surface area contributed by atoms with Crippen LogP contribution in [-0.2, 0) is 19.6 Å². The predicted octanol–water partition coefficient (Wildman–Crippen LogP) is 2.13. The van der Waals surface area contributed by atoms with E-state index in [1.165, 1.54) is 4.31 Å². The topological polar surface area (TPSA) is 92.9 Å². The van der Waals surface area contributed by atoms with Crippen LogP contribution in [0, 0.1) is 5.92 Å². The lowest BCUT2D eigenvalue weighted by atomic mass is 9.97. The van der Waals surface area contributed by atoms with E-state index in [-0.39, 0.29) is 16.7 Å². The molecule has 1 saturated heterocycles. The van der Waals surface area contributed by atoms with Gasteiger partial charge in [-0.1, -0.05) is 36.4 Å². The van der Waals surface area contributed by atoms with Gasteiger partial charge in [0.15, 0.2) is 0 Å². The van der Waals surface area contributed by atoms with Crippen molar-refractivity contribution in [3.05, 3.63) is 59.7 Å². The van der Waals surface area contributed by atoms with Gasteiger partial charge in [0.2, 0.25) is 5.91 Å². The molecule has 4 rings (SSSR count). The molecular formula is C22H27N3O4S. The molecule has 1 amide bonds. The quantitative estimate of drug-likeness (QED) is 0.786. The number of hydrogen-bond donors (Lipinski definition) is 1. The van der Waals surface area contributed by atoms with Crippen molar-refractivity contribution in [3.63, 3.8) is 0 Å². The summed E-state index contributed by atoms with van der Waals surface area (Å²) in [6, 6.07) is 14.5. The first-order valence-corrected chi connectivity index (χ1v) is 11.6. The molecule has 0 saturated carbocycles. The molecule has 2 aliphatic rings. The minimum atomic E-state index is -3.67. The van der Waals surface area contributed by atoms with Gasteiger partial charge in [-0.25, -0.2) is 8.42 Å². The number of ether oxygens (including phenoxy) is 1. The molecule has 30 heavy (non-hydrogen) atoms. The zero-order chi connectivity index (χ0) is 21.3. The van der Waals surface area contributed by atoms with Crippen molar-refractivity contribution in [1.29, 1.82) is 0 Å². The summed E-state index contributed by atoms with van der Waals surface area (Å²) in [5, 5.41) is 0. The van der Waals surface area contributed by atoms with Gasteiger partial charge < -0.3 is 15.4 Å². The van der Waals surface area contributed by atoms with Gasteiger partial charge >= 0.3 is 0 Å². The second kappa shape index (κ2) is 8.37. The molecular weight excluding hydrogens is 402 g/mol. The maximum Gasteiger partial charge on any atom is 0.264 e. The van der Waals surface area contributed by atoms with Crippen LogP contribution in [0.1, 0.15) is 30.1 Å². The van der Waals surface area contributed by atoms with Crippen LogP contribution in [0.25, 0.3) is 0 Å². The summed E-state index contributed by atoms with van der Waals surface area (Å²) in [4.78, 5) is 14.0. The van der Waals surface area contributed by atoms with Crippen LogP contribution in [0.2, 0.25) is 0 Å². The Hall–Kier alpha value is -2.42. The molecule has 8 heteroatoms. The number of sulfonamides is 1. The first-order chi connectivity index (χ1) is 14.4. The SMILES string of the molecule is CN1c2ccccc2C(OCCN2CCCC(C(N)=O)C2)c2ccccc2S1(=O)=O. The van der Waals surface area contributed by atoms with E-state index in [9.17, 15) is 13.2 Å². The highest BCUT2D eigenvalue weighted by Crippen LogP contribution is 2.41. The van der Waals surface area contributed by atoms with E-state index < -0.39 is 16.1 Å². The monoisotopic (exact) mass is 429 g/mol. The summed E-state index contributed by atoms with van der Waals surface area (Å²) >= 11 is 0. The lowest BCUT2D eigenvalue weighted by Gasteiger charge is -2.31. The lowest BCUT2D eigenvalue weighted by molar-refractivity contribution is -0.123. The molecule has 2 unspecified atom stereocenters. The Bertz CT molecular complexity index is 1040. The minimum absolute atomic E-state index is 0.114. The number of piperidine rings is 1. The molecule has 2 aromatic carbocycles. The number of fused-ring (bicyclic) bond motifs is 2. The third-order valence-electron chi connectivity index (χ3n) is 6.00. The maximum atomic E-state index is 13.2. The molecule has 2 heterocycles. The van der Waals surface area contributed by atoms with E-state index in [2.05, 4.69) is 4.90 Å². The van der Waals surface area contributed by atoms with Gasteiger partial charge in [-0.15, -0.1) is 0 Å². The summed E-state index contributed by atoms with van der Waals surface area (Å²) in [6.07, 6.45) is 1.28. The maximum absolute atomic E-state index is 13.2. The van der Waals surface area contributed by atoms with Crippen LogP contribution in [0.5, 0.6) is 0 Å². The van der Waals surface area contributed by atoms with Gasteiger partial charge in [0.05, 0.1) is 23.1 Å². The van der Waals surface area contributed by atoms with Crippen molar-refractivity contribution >= 4 is 21.6 Å². The van der Waals surface area contributed by atoms with Crippen LogP contribution in [0.15, 0.2) is 53.4 Å². The van der Waals surface area contributed by atoms with Crippen LogP contribution in [0.4, 0.5) is 5.69 Å². The number of primary amides is 1. The number of carbonyl (C=O) groups is 1. The van der Waals surface area contributed by atoms with Crippen LogP contribution in [0.3, 0.4) is 0 Å². The number of anilines is 1. The molecule has 0 aliphatic carbocycles. The molecule has 2 atom stereocenters. The van der Waals surface area contributed by atoms with Crippen molar-refractivity contribution in [2.24, 2.45) is 11.7 Å². The largest absolute Gasteiger partial charge is 0.369 e. The number of para-hydroxylation sites is 1. The van der Waals surface area contributed by atoms with E-state index in [1.807, 2.05) is 30.3 Å². The number of nitrogens with two attached hydrogens (primary N) is 1. The average molecular weight is 430 g/mol. The Labute approximate surface area is 177 Å². The Morgan fingerprint density at radius 1 is 1.13 bits per heavy atom. The number of hydrogen-bond acceptors (Lipinski definition) is 5. The van der Waals surface area contributed by atoms with Gasteiger partial charge in [0, 0.05) is 31.3 Å². The first-order valence-electron chi connectivity index (χ1n) is 10.2. The second-order valence-corrected chi connectivity index (χ2v) is 9.80. The smallest absolute Gasteiger partial charge is 0.264 e. The summed E-state index contributed by atoms with van der Waals surface area (Å²) in [7, 11) is -2.10. The predicted molar refractivity (Wildman–Crippen MR) is 115 cm³/mol. The fraction of sp³-hybridized carbons (Fsp3) is 0.409. The molecule has 2 aliphatic heterocycles. The third-order valence-corrected chi connectivity index (χ3v) is 7.84. The molecule has 0 spiro atoms. The highest BCUT2D eigenvalue weighted by Gasteiger charge is 2.35. The number of nitrogens with zero attached hydrogens (tertiary/aromatic N) is 2. The fourth-order valence-corrected chi connectivity index (χ4v) is 5.79. The first kappa shape index (κ1) is 20.8. The standard InChI is InChI=1S/C22H27N3O4S/c1-24-19-10-4-2-8-17(19)21(18-9-3-5-11-20(18)30(24,27)28)29-14-13-25-12-6-7-16(15-25)22(23)26/h2-5,8-11,16,21H,6-7,12-15H2,1H3,(H2,23,26). The molecule has 0 radical (unpaired) electrons. The van der Waals surface area contributed by atoms with Crippen molar-refractivity contribution in [2.45, 2.75) is 23.8 Å². The number of rotatable bonds is 5. The van der Waals surface area contributed by atoms with E-state index in [1.54, 1.807) is 25.2 Å². The minimum Gasteiger partial charge on any atom is -0.369 e. The summed E-state index contributed by atoms with van der Waals surface area (Å²) in [6.45, 7) is 2.63. The van der Waals surface area contributed by atoms with Crippen LogP contribution >= 0.6 is 0 Å². The van der Waals surface area contributed by atoms with Gasteiger partial charge in [-0.2, -0.15) is 0 Å². The molecule has 0 bridgehead atoms. The second-order valence-electron chi connectivity index (χ2n) is 7.86. The van der Waals surface area contributed by atoms with E-state index in [4.69, 9.17) is 10.5 Å². The average Bonchev–Trinajstić information content (AvgIpc) is 2.82. The molecule has 0 aromatic heterocycles. The molecule has 1 fully saturated rings. The Balaban J connectivity index is 1.60. The Morgan fingerprint density at radius 3 is 2.60 bits per heavy atom. The van der Waals surface area contributed by atoms with Crippen molar-refractivity contribution in [2.75, 3.05) is 37.6 Å². The number of carbonyl (C=O) groups excluding carboxylic acids is 1. The highest BCUT2D eigenvalue weighted by atomic mass is 32.2. The zero-order valence-corrected chi connectivity index (χ0v) is 17.8. The molecule has 7 nitrogen and oxygen atoms in total. The summed E-state index contributed by atoms with van der Waals surface area (Å²) in [5.74, 6) is -0.364. The lowest BCUT2D eigenvalue weighted by Crippen LogP contribution is -2.42. The summed E-state index contributed by atoms with van der Waals surface area (Å²) in [5.41, 5.74) is 7.56. The van der Waals surface area contributed by atoms with E-state index in [0.29, 0.717) is 30.9 Å². The highest BCUT2D eigenvalue weighted by molar-refractivity contribution is 7.92. The van der Waals surface area contributed by atoms with Crippen LogP contribution in [-0.4, -0.2) is 52.5 Å². The normalized spacial score (nSPS) is 23.3. The van der Waals surface area contributed by atoms with Crippen molar-refractivity contribution in [1.82, 2.24) is 4.90 Å². The van der Waals surface area contributed by atoms with E-state index in [0.717, 1.165) is 24.9 Å². The van der Waals surface area contributed by atoms with Gasteiger partial charge in [0.1, 0.15) is 6.10 Å². The van der Waals surface area contributed by atoms with Gasteiger partial charge in [-0.3, -0.25) is 9.10 Å². The van der Waals surface area contributed by atoms with Crippen molar-refractivity contribution < 1.29 is 17.9 Å². The molecule has 2 aromatic rings. The van der Waals surface area contributed by atoms with Crippen LogP contribution < -0.4 is 10.0 Å². The van der Waals surface area contributed by atoms with E-state index >= 15 is 0 Å². The number of benzene rings is 2. The summed E-state index contributed by atoms with van der Waals surface area (Å²) < 4.78 is 34.0. The number of likely N-dealkylation sites (tertiary alicyclic amines) is 1. The Kier molecular flexibility index (Phi) is 5.81.